The average molecular weight is 302 g/mol. The average Bonchev–Trinajstić information content (AvgIpc) is 2.97. The molecule has 0 bridgehead atoms. The molecule has 6 heteroatoms. The number of aromatic nitrogens is 1. The molecule has 0 unspecified atom stereocenters. The highest BCUT2D eigenvalue weighted by Crippen LogP contribution is 2.21. The van der Waals surface area contributed by atoms with Crippen LogP contribution in [0, 0.1) is 5.41 Å². The number of benzene rings is 1. The Bertz CT molecular complexity index is 662. The lowest BCUT2D eigenvalue weighted by atomic mass is 9.90. The maximum absolute atomic E-state index is 12.0. The molecule has 1 amide bonds. The van der Waals surface area contributed by atoms with Gasteiger partial charge >= 0.3 is 5.97 Å². The third-order valence-electron chi connectivity index (χ3n) is 3.42. The van der Waals surface area contributed by atoms with Crippen molar-refractivity contribution in [1.82, 2.24) is 10.5 Å². The van der Waals surface area contributed by atoms with Gasteiger partial charge in [-0.15, -0.1) is 0 Å². The Morgan fingerprint density at radius 3 is 2.59 bits per heavy atom. The second-order valence-electron chi connectivity index (χ2n) is 5.64. The summed E-state index contributed by atoms with van der Waals surface area (Å²) in [7, 11) is 0. The highest BCUT2D eigenvalue weighted by atomic mass is 16.5. The maximum atomic E-state index is 12.0. The third-order valence-corrected chi connectivity index (χ3v) is 3.42. The van der Waals surface area contributed by atoms with Gasteiger partial charge in [0, 0.05) is 18.2 Å². The Morgan fingerprint density at radius 1 is 1.27 bits per heavy atom. The summed E-state index contributed by atoms with van der Waals surface area (Å²) in [5.74, 6) is -0.765. The van der Waals surface area contributed by atoms with Crippen molar-refractivity contribution in [2.45, 2.75) is 20.3 Å². The number of aliphatic carboxylic acids is 1. The van der Waals surface area contributed by atoms with Crippen LogP contribution < -0.4 is 5.32 Å². The number of hydrogen-bond acceptors (Lipinski definition) is 4. The van der Waals surface area contributed by atoms with E-state index in [1.165, 1.54) is 0 Å². The number of nitrogens with zero attached hydrogens (tertiary/aromatic N) is 1. The lowest BCUT2D eigenvalue weighted by Crippen LogP contribution is -2.32. The molecule has 0 fully saturated rings. The zero-order chi connectivity index (χ0) is 16.2. The lowest BCUT2D eigenvalue weighted by Gasteiger charge is -2.18. The minimum Gasteiger partial charge on any atom is -0.481 e. The molecule has 0 saturated carbocycles. The van der Waals surface area contributed by atoms with E-state index in [4.69, 9.17) is 9.63 Å². The summed E-state index contributed by atoms with van der Waals surface area (Å²) in [6, 6.07) is 10.9. The molecule has 6 nitrogen and oxygen atoms in total. The van der Waals surface area contributed by atoms with Crippen molar-refractivity contribution in [1.29, 1.82) is 0 Å². The first-order valence-electron chi connectivity index (χ1n) is 6.94. The van der Waals surface area contributed by atoms with E-state index in [0.717, 1.165) is 5.56 Å². The maximum Gasteiger partial charge on any atom is 0.309 e. The van der Waals surface area contributed by atoms with Crippen LogP contribution >= 0.6 is 0 Å². The monoisotopic (exact) mass is 302 g/mol. The van der Waals surface area contributed by atoms with Crippen molar-refractivity contribution in [3.63, 3.8) is 0 Å². The van der Waals surface area contributed by atoms with Gasteiger partial charge in [0.25, 0.3) is 5.91 Å². The molecule has 0 aliphatic heterocycles. The van der Waals surface area contributed by atoms with E-state index in [1.807, 2.05) is 30.3 Å². The highest BCUT2D eigenvalue weighted by molar-refractivity contribution is 5.93. The Hall–Kier alpha value is -2.63. The van der Waals surface area contributed by atoms with Gasteiger partial charge in [-0.3, -0.25) is 9.59 Å². The van der Waals surface area contributed by atoms with E-state index in [0.29, 0.717) is 12.2 Å². The smallest absolute Gasteiger partial charge is 0.309 e. The van der Waals surface area contributed by atoms with Gasteiger partial charge < -0.3 is 14.9 Å². The van der Waals surface area contributed by atoms with Crippen molar-refractivity contribution >= 4 is 11.9 Å². The number of rotatable bonds is 6. The predicted molar refractivity (Wildman–Crippen MR) is 80.3 cm³/mol. The number of carbonyl (C=O) groups excluding carboxylic acids is 1. The molecule has 0 spiro atoms. The van der Waals surface area contributed by atoms with Crippen LogP contribution in [0.15, 0.2) is 40.9 Å². The van der Waals surface area contributed by atoms with E-state index in [9.17, 15) is 9.59 Å². The second-order valence-corrected chi connectivity index (χ2v) is 5.64. The number of carbonyl (C=O) groups is 2. The van der Waals surface area contributed by atoms with Gasteiger partial charge in [0.05, 0.1) is 5.41 Å². The molecule has 2 N–H and O–H groups in total. The predicted octanol–water partition coefficient (Wildman–Crippen LogP) is 2.57. The SMILES string of the molecule is CC(C)(CCNC(=O)c1cc(-c2ccccc2)on1)C(=O)O. The third kappa shape index (κ3) is 3.72. The zero-order valence-electron chi connectivity index (χ0n) is 12.5. The molecule has 0 atom stereocenters. The van der Waals surface area contributed by atoms with Crippen molar-refractivity contribution < 1.29 is 19.2 Å². The first kappa shape index (κ1) is 15.8. The van der Waals surface area contributed by atoms with Crippen LogP contribution in [-0.4, -0.2) is 28.7 Å². The molecule has 0 radical (unpaired) electrons. The van der Waals surface area contributed by atoms with Crippen LogP contribution in [-0.2, 0) is 4.79 Å². The van der Waals surface area contributed by atoms with Crippen molar-refractivity contribution in [3.05, 3.63) is 42.1 Å². The summed E-state index contributed by atoms with van der Waals surface area (Å²) >= 11 is 0. The molecule has 0 aliphatic carbocycles. The van der Waals surface area contributed by atoms with Crippen LogP contribution in [0.5, 0.6) is 0 Å². The molecule has 2 aromatic rings. The van der Waals surface area contributed by atoms with Gasteiger partial charge in [-0.2, -0.15) is 0 Å². The molecule has 2 rings (SSSR count). The van der Waals surface area contributed by atoms with Gasteiger partial charge in [0.2, 0.25) is 0 Å². The Kier molecular flexibility index (Phi) is 4.60. The highest BCUT2D eigenvalue weighted by Gasteiger charge is 2.26. The van der Waals surface area contributed by atoms with Crippen LogP contribution in [0.3, 0.4) is 0 Å². The summed E-state index contributed by atoms with van der Waals surface area (Å²) in [6.07, 6.45) is 0.331. The fourth-order valence-electron chi connectivity index (χ4n) is 1.81. The Morgan fingerprint density at radius 2 is 1.95 bits per heavy atom. The standard InChI is InChI=1S/C16H18N2O4/c1-16(2,15(20)21)8-9-17-14(19)12-10-13(22-18-12)11-6-4-3-5-7-11/h3-7,10H,8-9H2,1-2H3,(H,17,19)(H,20,21). The second kappa shape index (κ2) is 6.43. The molecule has 1 heterocycles. The van der Waals surface area contributed by atoms with Crippen LogP contribution in [0.4, 0.5) is 0 Å². The zero-order valence-corrected chi connectivity index (χ0v) is 12.5. The number of amides is 1. The summed E-state index contributed by atoms with van der Waals surface area (Å²) < 4.78 is 5.15. The van der Waals surface area contributed by atoms with Crippen LogP contribution in [0.2, 0.25) is 0 Å². The normalized spacial score (nSPS) is 11.2. The molecule has 0 aliphatic rings. The summed E-state index contributed by atoms with van der Waals surface area (Å²) in [5.41, 5.74) is 0.125. The fourth-order valence-corrected chi connectivity index (χ4v) is 1.81. The largest absolute Gasteiger partial charge is 0.481 e. The van der Waals surface area contributed by atoms with Crippen molar-refractivity contribution in [2.75, 3.05) is 6.54 Å². The quantitative estimate of drug-likeness (QED) is 0.855. The van der Waals surface area contributed by atoms with Crippen molar-refractivity contribution in [2.24, 2.45) is 5.41 Å². The van der Waals surface area contributed by atoms with Gasteiger partial charge in [0.1, 0.15) is 0 Å². The molecular formula is C16H18N2O4. The Labute approximate surface area is 128 Å². The molecule has 22 heavy (non-hydrogen) atoms. The van der Waals surface area contributed by atoms with E-state index >= 15 is 0 Å². The number of carboxylic acids is 1. The van der Waals surface area contributed by atoms with Crippen LogP contribution in [0.1, 0.15) is 30.8 Å². The first-order valence-corrected chi connectivity index (χ1v) is 6.94. The molecular weight excluding hydrogens is 284 g/mol. The van der Waals surface area contributed by atoms with E-state index in [1.54, 1.807) is 19.9 Å². The molecule has 116 valence electrons. The first-order chi connectivity index (χ1) is 10.4. The molecule has 1 aromatic carbocycles. The van der Waals surface area contributed by atoms with Gasteiger partial charge in [-0.05, 0) is 20.3 Å². The molecule has 1 aromatic heterocycles. The summed E-state index contributed by atoms with van der Waals surface area (Å²) in [4.78, 5) is 23.0. The summed E-state index contributed by atoms with van der Waals surface area (Å²) in [6.45, 7) is 3.49. The summed E-state index contributed by atoms with van der Waals surface area (Å²) in [5, 5.41) is 15.4. The van der Waals surface area contributed by atoms with E-state index in [2.05, 4.69) is 10.5 Å². The number of hydrogen-bond donors (Lipinski definition) is 2. The van der Waals surface area contributed by atoms with Gasteiger partial charge in [0.15, 0.2) is 11.5 Å². The van der Waals surface area contributed by atoms with Gasteiger partial charge in [-0.1, -0.05) is 35.5 Å². The molecule has 0 saturated heterocycles. The number of carboxylic acid groups (broad SMARTS) is 1. The van der Waals surface area contributed by atoms with Gasteiger partial charge in [-0.25, -0.2) is 0 Å². The number of nitrogens with one attached hydrogen (secondary N) is 1. The van der Waals surface area contributed by atoms with E-state index < -0.39 is 11.4 Å². The van der Waals surface area contributed by atoms with E-state index in [-0.39, 0.29) is 18.1 Å². The van der Waals surface area contributed by atoms with Crippen LogP contribution in [0.25, 0.3) is 11.3 Å². The van der Waals surface area contributed by atoms with Crippen molar-refractivity contribution in [3.8, 4) is 11.3 Å². The lowest BCUT2D eigenvalue weighted by molar-refractivity contribution is -0.147. The minimum atomic E-state index is -0.894. The Balaban J connectivity index is 1.94. The topological polar surface area (TPSA) is 92.4 Å². The minimum absolute atomic E-state index is 0.173. The fraction of sp³-hybridized carbons (Fsp3) is 0.312.